The molecule has 25 heavy (non-hydrogen) atoms. The lowest BCUT2D eigenvalue weighted by molar-refractivity contribution is 0.0698. The van der Waals surface area contributed by atoms with Crippen molar-refractivity contribution in [3.05, 3.63) is 89.5 Å². The molecular formula is C21H17NO3. The van der Waals surface area contributed by atoms with Crippen LogP contribution in [0.15, 0.2) is 72.8 Å². The lowest BCUT2D eigenvalue weighted by Gasteiger charge is -2.11. The van der Waals surface area contributed by atoms with Crippen LogP contribution in [0.3, 0.4) is 0 Å². The normalized spacial score (nSPS) is 10.3. The molecule has 0 aliphatic carbocycles. The van der Waals surface area contributed by atoms with Gasteiger partial charge in [-0.05, 0) is 42.3 Å². The van der Waals surface area contributed by atoms with Crippen molar-refractivity contribution in [3.8, 4) is 11.1 Å². The van der Waals surface area contributed by atoms with Gasteiger partial charge in [0.05, 0.1) is 11.3 Å². The van der Waals surface area contributed by atoms with Crippen molar-refractivity contribution < 1.29 is 14.7 Å². The second kappa shape index (κ2) is 7.01. The number of benzene rings is 3. The van der Waals surface area contributed by atoms with Crippen LogP contribution in [0.1, 0.15) is 26.3 Å². The maximum Gasteiger partial charge on any atom is 0.337 e. The summed E-state index contributed by atoms with van der Waals surface area (Å²) < 4.78 is 0. The van der Waals surface area contributed by atoms with Gasteiger partial charge in [0.15, 0.2) is 0 Å². The van der Waals surface area contributed by atoms with Crippen molar-refractivity contribution in [2.24, 2.45) is 0 Å². The molecular weight excluding hydrogens is 314 g/mol. The first-order valence-corrected chi connectivity index (χ1v) is 7.85. The Bertz CT molecular complexity index is 933. The molecule has 124 valence electrons. The standard InChI is InChI=1S/C21H17NO3/c1-14-6-5-9-17(12-14)20(23)22-19-13-16(10-11-18(19)21(24)25)15-7-3-2-4-8-15/h2-13H,1H3,(H,22,23)(H,24,25). The summed E-state index contributed by atoms with van der Waals surface area (Å²) in [6.45, 7) is 1.90. The molecule has 1 amide bonds. The lowest BCUT2D eigenvalue weighted by Crippen LogP contribution is -2.15. The van der Waals surface area contributed by atoms with Gasteiger partial charge in [-0.2, -0.15) is 0 Å². The third-order valence-corrected chi connectivity index (χ3v) is 3.89. The molecule has 0 bridgehead atoms. The quantitative estimate of drug-likeness (QED) is 0.733. The highest BCUT2D eigenvalue weighted by molar-refractivity contribution is 6.08. The molecule has 3 aromatic rings. The average Bonchev–Trinajstić information content (AvgIpc) is 2.62. The van der Waals surface area contributed by atoms with Crippen LogP contribution in [0.2, 0.25) is 0 Å². The van der Waals surface area contributed by atoms with E-state index in [9.17, 15) is 14.7 Å². The van der Waals surface area contributed by atoms with E-state index in [4.69, 9.17) is 0 Å². The van der Waals surface area contributed by atoms with Gasteiger partial charge in [0.1, 0.15) is 0 Å². The van der Waals surface area contributed by atoms with Crippen LogP contribution >= 0.6 is 0 Å². The fraction of sp³-hybridized carbons (Fsp3) is 0.0476. The summed E-state index contributed by atoms with van der Waals surface area (Å²) in [6, 6.07) is 21.7. The minimum absolute atomic E-state index is 0.0562. The molecule has 0 atom stereocenters. The first-order chi connectivity index (χ1) is 12.0. The van der Waals surface area contributed by atoms with Crippen molar-refractivity contribution in [1.82, 2.24) is 0 Å². The third kappa shape index (κ3) is 3.75. The van der Waals surface area contributed by atoms with E-state index in [0.717, 1.165) is 16.7 Å². The molecule has 0 aromatic heterocycles. The van der Waals surface area contributed by atoms with Gasteiger partial charge in [0, 0.05) is 5.56 Å². The van der Waals surface area contributed by atoms with Crippen molar-refractivity contribution in [2.45, 2.75) is 6.92 Å². The Balaban J connectivity index is 1.98. The summed E-state index contributed by atoms with van der Waals surface area (Å²) in [5.41, 5.74) is 3.57. The Labute approximate surface area is 145 Å². The number of aromatic carboxylic acids is 1. The summed E-state index contributed by atoms with van der Waals surface area (Å²) >= 11 is 0. The van der Waals surface area contributed by atoms with Crippen molar-refractivity contribution >= 4 is 17.6 Å². The number of carboxylic acid groups (broad SMARTS) is 1. The van der Waals surface area contributed by atoms with E-state index in [1.807, 2.05) is 43.3 Å². The number of anilines is 1. The zero-order chi connectivity index (χ0) is 17.8. The minimum Gasteiger partial charge on any atom is -0.478 e. The number of carbonyl (C=O) groups excluding carboxylic acids is 1. The maximum atomic E-state index is 12.5. The third-order valence-electron chi connectivity index (χ3n) is 3.89. The fourth-order valence-corrected chi connectivity index (χ4v) is 2.63. The van der Waals surface area contributed by atoms with Crippen molar-refractivity contribution in [1.29, 1.82) is 0 Å². The van der Waals surface area contributed by atoms with Crippen LogP contribution in [-0.2, 0) is 0 Å². The van der Waals surface area contributed by atoms with Gasteiger partial charge in [-0.3, -0.25) is 4.79 Å². The predicted molar refractivity (Wildman–Crippen MR) is 98.0 cm³/mol. The second-order valence-electron chi connectivity index (χ2n) is 5.76. The molecule has 0 aliphatic heterocycles. The molecule has 0 saturated carbocycles. The van der Waals surface area contributed by atoms with Crippen molar-refractivity contribution in [2.75, 3.05) is 5.32 Å². The second-order valence-corrected chi connectivity index (χ2v) is 5.76. The summed E-state index contributed by atoms with van der Waals surface area (Å²) in [7, 11) is 0. The first-order valence-electron chi connectivity index (χ1n) is 7.85. The van der Waals surface area contributed by atoms with E-state index in [-0.39, 0.29) is 17.2 Å². The minimum atomic E-state index is -1.08. The van der Waals surface area contributed by atoms with E-state index in [0.29, 0.717) is 5.56 Å². The van der Waals surface area contributed by atoms with E-state index in [2.05, 4.69) is 5.32 Å². The Morgan fingerprint density at radius 1 is 0.840 bits per heavy atom. The fourth-order valence-electron chi connectivity index (χ4n) is 2.63. The van der Waals surface area contributed by atoms with Gasteiger partial charge in [-0.25, -0.2) is 4.79 Å². The molecule has 0 fully saturated rings. The molecule has 4 heteroatoms. The Morgan fingerprint density at radius 3 is 2.28 bits per heavy atom. The summed E-state index contributed by atoms with van der Waals surface area (Å²) in [5.74, 6) is -1.42. The highest BCUT2D eigenvalue weighted by Gasteiger charge is 2.15. The topological polar surface area (TPSA) is 66.4 Å². The zero-order valence-corrected chi connectivity index (χ0v) is 13.7. The SMILES string of the molecule is Cc1cccc(C(=O)Nc2cc(-c3ccccc3)ccc2C(=O)O)c1. The monoisotopic (exact) mass is 331 g/mol. The van der Waals surface area contributed by atoms with Crippen LogP contribution in [0.5, 0.6) is 0 Å². The zero-order valence-electron chi connectivity index (χ0n) is 13.7. The molecule has 0 radical (unpaired) electrons. The summed E-state index contributed by atoms with van der Waals surface area (Å²) in [5, 5.41) is 12.1. The smallest absolute Gasteiger partial charge is 0.337 e. The van der Waals surface area contributed by atoms with Gasteiger partial charge in [0.25, 0.3) is 5.91 Å². The number of carboxylic acids is 1. The number of nitrogens with one attached hydrogen (secondary N) is 1. The number of hydrogen-bond donors (Lipinski definition) is 2. The summed E-state index contributed by atoms with van der Waals surface area (Å²) in [4.78, 5) is 24.0. The number of hydrogen-bond acceptors (Lipinski definition) is 2. The van der Waals surface area contributed by atoms with Gasteiger partial charge in [-0.1, -0.05) is 54.1 Å². The number of amides is 1. The molecule has 0 aliphatic rings. The molecule has 3 rings (SSSR count). The van der Waals surface area contributed by atoms with Crippen LogP contribution in [-0.4, -0.2) is 17.0 Å². The highest BCUT2D eigenvalue weighted by atomic mass is 16.4. The number of rotatable bonds is 4. The molecule has 0 heterocycles. The van der Waals surface area contributed by atoms with Gasteiger partial charge < -0.3 is 10.4 Å². The van der Waals surface area contributed by atoms with E-state index >= 15 is 0 Å². The van der Waals surface area contributed by atoms with Crippen LogP contribution in [0, 0.1) is 6.92 Å². The summed E-state index contributed by atoms with van der Waals surface area (Å²) in [6.07, 6.45) is 0. The Hall–Kier alpha value is -3.40. The molecule has 0 saturated heterocycles. The average molecular weight is 331 g/mol. The van der Waals surface area contributed by atoms with Crippen LogP contribution < -0.4 is 5.32 Å². The van der Waals surface area contributed by atoms with Gasteiger partial charge in [0.2, 0.25) is 0 Å². The Morgan fingerprint density at radius 2 is 1.60 bits per heavy atom. The molecule has 0 spiro atoms. The maximum absolute atomic E-state index is 12.5. The number of carbonyl (C=O) groups is 2. The largest absolute Gasteiger partial charge is 0.478 e. The highest BCUT2D eigenvalue weighted by Crippen LogP contribution is 2.26. The van der Waals surface area contributed by atoms with Gasteiger partial charge >= 0.3 is 5.97 Å². The van der Waals surface area contributed by atoms with E-state index < -0.39 is 5.97 Å². The first kappa shape index (κ1) is 16.5. The molecule has 4 nitrogen and oxygen atoms in total. The Kier molecular flexibility index (Phi) is 4.61. The van der Waals surface area contributed by atoms with Gasteiger partial charge in [-0.15, -0.1) is 0 Å². The molecule has 2 N–H and O–H groups in total. The van der Waals surface area contributed by atoms with E-state index in [1.165, 1.54) is 6.07 Å². The van der Waals surface area contributed by atoms with E-state index in [1.54, 1.807) is 30.3 Å². The molecule has 3 aromatic carbocycles. The van der Waals surface area contributed by atoms with Crippen molar-refractivity contribution in [3.63, 3.8) is 0 Å². The predicted octanol–water partition coefficient (Wildman–Crippen LogP) is 4.61. The van der Waals surface area contributed by atoms with Crippen LogP contribution in [0.4, 0.5) is 5.69 Å². The number of aryl methyl sites for hydroxylation is 1. The van der Waals surface area contributed by atoms with Crippen LogP contribution in [0.25, 0.3) is 11.1 Å². The lowest BCUT2D eigenvalue weighted by atomic mass is 10.0. The molecule has 0 unspecified atom stereocenters.